The van der Waals surface area contributed by atoms with Gasteiger partial charge in [0, 0.05) is 52.8 Å². The third-order valence-corrected chi connectivity index (χ3v) is 7.49. The van der Waals surface area contributed by atoms with E-state index in [0.29, 0.717) is 6.54 Å². The number of likely N-dealkylation sites (N-methyl/N-ethyl adjacent to an activating group) is 1. The molecule has 0 saturated heterocycles. The lowest BCUT2D eigenvalue weighted by atomic mass is 10.1. The molecule has 1 aromatic heterocycles. The molecule has 0 radical (unpaired) electrons. The van der Waals surface area contributed by atoms with E-state index < -0.39 is 9.84 Å². The second kappa shape index (κ2) is 9.04. The van der Waals surface area contributed by atoms with E-state index in [9.17, 15) is 13.2 Å². The summed E-state index contributed by atoms with van der Waals surface area (Å²) < 4.78 is 26.2. The Morgan fingerprint density at radius 3 is 2.43 bits per heavy atom. The molecule has 0 bridgehead atoms. The van der Waals surface area contributed by atoms with Crippen molar-refractivity contribution in [1.29, 1.82) is 0 Å². The molecule has 2 aromatic carbocycles. The van der Waals surface area contributed by atoms with E-state index in [0.717, 1.165) is 17.5 Å². The van der Waals surface area contributed by atoms with Gasteiger partial charge >= 0.3 is 0 Å². The molecule has 1 heterocycles. The Balaban J connectivity index is 1.87. The first kappa shape index (κ1) is 22.1. The van der Waals surface area contributed by atoms with Gasteiger partial charge in [0.15, 0.2) is 9.84 Å². The number of fused-ring (bicyclic) bond motifs is 3. The van der Waals surface area contributed by atoms with Gasteiger partial charge in [0.05, 0.1) is 5.75 Å². The molecular weight excluding hydrogens is 396 g/mol. The number of sulfone groups is 1. The van der Waals surface area contributed by atoms with E-state index in [4.69, 9.17) is 0 Å². The Hall–Kier alpha value is -2.60. The Morgan fingerprint density at radius 2 is 1.77 bits per heavy atom. The largest absolute Gasteiger partial charge is 0.341 e. The lowest BCUT2D eigenvalue weighted by Gasteiger charge is -2.26. The van der Waals surface area contributed by atoms with E-state index in [-0.39, 0.29) is 23.5 Å². The Labute approximate surface area is 178 Å². The van der Waals surface area contributed by atoms with E-state index in [1.165, 1.54) is 16.4 Å². The average Bonchev–Trinajstić information content (AvgIpc) is 3.05. The maximum absolute atomic E-state index is 12.7. The molecule has 30 heavy (non-hydrogen) atoms. The van der Waals surface area contributed by atoms with Crippen molar-refractivity contribution in [2.45, 2.75) is 40.3 Å². The van der Waals surface area contributed by atoms with Crippen molar-refractivity contribution in [3.63, 3.8) is 0 Å². The molecule has 160 valence electrons. The molecule has 0 fully saturated rings. The molecule has 1 unspecified atom stereocenters. The highest BCUT2D eigenvalue weighted by atomic mass is 32.2. The van der Waals surface area contributed by atoms with Gasteiger partial charge in [-0.15, -0.1) is 0 Å². The minimum atomic E-state index is -3.14. The zero-order chi connectivity index (χ0) is 21.9. The summed E-state index contributed by atoms with van der Waals surface area (Å²) in [5.41, 5.74) is 3.32. The first-order valence-electron chi connectivity index (χ1n) is 10.5. The number of benzene rings is 2. The van der Waals surface area contributed by atoms with Crippen LogP contribution in [-0.2, 0) is 21.2 Å². The van der Waals surface area contributed by atoms with Gasteiger partial charge < -0.3 is 9.47 Å². The standard InChI is InChI=1S/C24H30N2O3S/c1-5-25(18(4)17-30(28,29)7-3)24(27)15-13-19-12-14-23-21(16-19)20-10-8-9-11-22(20)26(23)6-2/h8-16,18H,5-7,17H2,1-4H3/b15-13+. The number of nitrogens with zero attached hydrogens (tertiary/aromatic N) is 2. The fraction of sp³-hybridized carbons (Fsp3) is 0.375. The summed E-state index contributed by atoms with van der Waals surface area (Å²) in [6.45, 7) is 8.78. The molecule has 5 nitrogen and oxygen atoms in total. The third-order valence-electron chi connectivity index (χ3n) is 5.62. The maximum Gasteiger partial charge on any atom is 0.246 e. The molecule has 1 amide bonds. The molecule has 6 heteroatoms. The third kappa shape index (κ3) is 4.43. The van der Waals surface area contributed by atoms with Gasteiger partial charge in [0.1, 0.15) is 0 Å². The molecule has 0 N–H and O–H groups in total. The number of aromatic nitrogens is 1. The minimum absolute atomic E-state index is 0.0145. The van der Waals surface area contributed by atoms with E-state index in [2.05, 4.69) is 35.8 Å². The van der Waals surface area contributed by atoms with Crippen LogP contribution in [0.2, 0.25) is 0 Å². The van der Waals surface area contributed by atoms with E-state index in [1.807, 2.05) is 31.2 Å². The highest BCUT2D eigenvalue weighted by Gasteiger charge is 2.21. The van der Waals surface area contributed by atoms with Gasteiger partial charge in [-0.1, -0.05) is 31.2 Å². The van der Waals surface area contributed by atoms with Crippen molar-refractivity contribution in [3.8, 4) is 0 Å². The van der Waals surface area contributed by atoms with Gasteiger partial charge in [0.25, 0.3) is 0 Å². The first-order chi connectivity index (χ1) is 14.3. The van der Waals surface area contributed by atoms with Crippen molar-refractivity contribution < 1.29 is 13.2 Å². The highest BCUT2D eigenvalue weighted by molar-refractivity contribution is 7.91. The van der Waals surface area contributed by atoms with Crippen molar-refractivity contribution >= 4 is 43.6 Å². The summed E-state index contributed by atoms with van der Waals surface area (Å²) in [7, 11) is -3.14. The number of hydrogen-bond acceptors (Lipinski definition) is 3. The van der Waals surface area contributed by atoms with Gasteiger partial charge in [-0.05, 0) is 50.6 Å². The zero-order valence-electron chi connectivity index (χ0n) is 18.1. The van der Waals surface area contributed by atoms with Crippen LogP contribution in [0.4, 0.5) is 0 Å². The number of rotatable bonds is 8. The topological polar surface area (TPSA) is 59.4 Å². The fourth-order valence-corrected chi connectivity index (χ4v) is 5.19. The van der Waals surface area contributed by atoms with Gasteiger partial charge in [-0.3, -0.25) is 4.79 Å². The second-order valence-electron chi connectivity index (χ2n) is 7.54. The number of hydrogen-bond donors (Lipinski definition) is 0. The van der Waals surface area contributed by atoms with Crippen LogP contribution in [-0.4, -0.2) is 47.9 Å². The average molecular weight is 427 g/mol. The van der Waals surface area contributed by atoms with E-state index >= 15 is 0 Å². The summed E-state index contributed by atoms with van der Waals surface area (Å²) in [4.78, 5) is 14.3. The van der Waals surface area contributed by atoms with Crippen molar-refractivity contribution in [2.24, 2.45) is 0 Å². The van der Waals surface area contributed by atoms with E-state index in [1.54, 1.807) is 24.8 Å². The lowest BCUT2D eigenvalue weighted by molar-refractivity contribution is -0.127. The summed E-state index contributed by atoms with van der Waals surface area (Å²) in [5.74, 6) is -0.101. The first-order valence-corrected chi connectivity index (χ1v) is 12.3. The summed E-state index contributed by atoms with van der Waals surface area (Å²) in [6, 6.07) is 14.2. The van der Waals surface area contributed by atoms with Crippen LogP contribution in [0.15, 0.2) is 48.5 Å². The van der Waals surface area contributed by atoms with Crippen LogP contribution < -0.4 is 0 Å². The summed E-state index contributed by atoms with van der Waals surface area (Å²) in [6.07, 6.45) is 3.35. The molecule has 0 aliphatic rings. The normalized spacial score (nSPS) is 13.3. The summed E-state index contributed by atoms with van der Waals surface area (Å²) in [5, 5.41) is 2.36. The number of carbonyl (C=O) groups excluding carboxylic acids is 1. The Kier molecular flexibility index (Phi) is 6.66. The highest BCUT2D eigenvalue weighted by Crippen LogP contribution is 2.30. The number of para-hydroxylation sites is 1. The number of amides is 1. The van der Waals surface area contributed by atoms with Crippen LogP contribution in [0, 0.1) is 0 Å². The summed E-state index contributed by atoms with van der Waals surface area (Å²) >= 11 is 0. The molecule has 3 rings (SSSR count). The van der Waals surface area contributed by atoms with Crippen molar-refractivity contribution in [2.75, 3.05) is 18.1 Å². The molecule has 0 aliphatic heterocycles. The van der Waals surface area contributed by atoms with Crippen molar-refractivity contribution in [1.82, 2.24) is 9.47 Å². The van der Waals surface area contributed by atoms with Crippen LogP contribution in [0.5, 0.6) is 0 Å². The molecule has 0 spiro atoms. The smallest absolute Gasteiger partial charge is 0.246 e. The molecule has 0 aliphatic carbocycles. The molecular formula is C24H30N2O3S. The van der Waals surface area contributed by atoms with Crippen LogP contribution in [0.25, 0.3) is 27.9 Å². The SMILES string of the molecule is CCN(C(=O)/C=C/c1ccc2c(c1)c1ccccc1n2CC)C(C)CS(=O)(=O)CC. The van der Waals surface area contributed by atoms with Crippen molar-refractivity contribution in [3.05, 3.63) is 54.1 Å². The van der Waals surface area contributed by atoms with Gasteiger partial charge in [-0.2, -0.15) is 0 Å². The Bertz CT molecular complexity index is 1190. The molecule has 3 aromatic rings. The van der Waals surface area contributed by atoms with Gasteiger partial charge in [-0.25, -0.2) is 8.42 Å². The predicted molar refractivity (Wildman–Crippen MR) is 125 cm³/mol. The van der Waals surface area contributed by atoms with Crippen LogP contribution in [0.3, 0.4) is 0 Å². The maximum atomic E-state index is 12.7. The molecule has 1 atom stereocenters. The quantitative estimate of drug-likeness (QED) is 0.498. The van der Waals surface area contributed by atoms with Gasteiger partial charge in [0.2, 0.25) is 5.91 Å². The lowest BCUT2D eigenvalue weighted by Crippen LogP contribution is -2.41. The zero-order valence-corrected chi connectivity index (χ0v) is 18.9. The second-order valence-corrected chi connectivity index (χ2v) is 9.94. The monoisotopic (exact) mass is 426 g/mol. The minimum Gasteiger partial charge on any atom is -0.341 e. The van der Waals surface area contributed by atoms with Crippen LogP contribution in [0.1, 0.15) is 33.3 Å². The van der Waals surface area contributed by atoms with Crippen LogP contribution >= 0.6 is 0 Å². The fourth-order valence-electron chi connectivity index (χ4n) is 4.04. The predicted octanol–water partition coefficient (Wildman–Crippen LogP) is 4.50. The Morgan fingerprint density at radius 1 is 1.07 bits per heavy atom. The molecule has 0 saturated carbocycles. The number of carbonyl (C=O) groups is 1. The number of aryl methyl sites for hydroxylation is 1.